The molecule has 1 heterocycles. The molecular formula is C11H22N4O4S. The van der Waals surface area contributed by atoms with Crippen molar-refractivity contribution in [2.24, 2.45) is 0 Å². The summed E-state index contributed by atoms with van der Waals surface area (Å²) in [6.45, 7) is 2.44. The highest BCUT2D eigenvalue weighted by molar-refractivity contribution is 7.89. The third-order valence-corrected chi connectivity index (χ3v) is 4.86. The summed E-state index contributed by atoms with van der Waals surface area (Å²) in [5.41, 5.74) is 0. The van der Waals surface area contributed by atoms with Gasteiger partial charge in [0.1, 0.15) is 0 Å². The number of hydrogen-bond acceptors (Lipinski definition) is 5. The lowest BCUT2D eigenvalue weighted by molar-refractivity contribution is -0.145. The fraction of sp³-hybridized carbons (Fsp3) is 0.818. The Bertz CT molecular complexity index is 441. The summed E-state index contributed by atoms with van der Waals surface area (Å²) >= 11 is 0. The molecule has 0 aromatic rings. The summed E-state index contributed by atoms with van der Waals surface area (Å²) in [7, 11) is -0.520. The van der Waals surface area contributed by atoms with Crippen LogP contribution in [-0.2, 0) is 19.6 Å². The van der Waals surface area contributed by atoms with Crippen LogP contribution >= 0.6 is 0 Å². The molecule has 2 amide bonds. The quantitative estimate of drug-likeness (QED) is 0.575. The van der Waals surface area contributed by atoms with Gasteiger partial charge in [-0.15, -0.1) is 0 Å². The van der Waals surface area contributed by atoms with Gasteiger partial charge in [-0.3, -0.25) is 9.59 Å². The van der Waals surface area contributed by atoms with Crippen molar-refractivity contribution < 1.29 is 18.0 Å². The molecule has 8 nitrogen and oxygen atoms in total. The predicted octanol–water partition coefficient (Wildman–Crippen LogP) is -2.18. The average Bonchev–Trinajstić information content (AvgIpc) is 2.66. The van der Waals surface area contributed by atoms with Crippen molar-refractivity contribution in [3.8, 4) is 0 Å². The molecule has 0 saturated carbocycles. The van der Waals surface area contributed by atoms with Gasteiger partial charge in [0.15, 0.2) is 0 Å². The van der Waals surface area contributed by atoms with Gasteiger partial charge >= 0.3 is 11.8 Å². The van der Waals surface area contributed by atoms with Crippen molar-refractivity contribution >= 4 is 21.8 Å². The fourth-order valence-corrected chi connectivity index (χ4v) is 2.47. The van der Waals surface area contributed by atoms with E-state index in [1.54, 1.807) is 0 Å². The smallest absolute Gasteiger partial charge is 0.311 e. The first-order valence-electron chi connectivity index (χ1n) is 6.52. The van der Waals surface area contributed by atoms with Gasteiger partial charge < -0.3 is 15.5 Å². The van der Waals surface area contributed by atoms with Gasteiger partial charge in [-0.1, -0.05) is 0 Å². The van der Waals surface area contributed by atoms with Gasteiger partial charge in [0.25, 0.3) is 0 Å². The summed E-state index contributed by atoms with van der Waals surface area (Å²) < 4.78 is 24.1. The standard InChI is InChI=1S/C11H22N4O4S/c1-14(2)20(18,19)9-6-13-10(16)11(17)15-7-3-4-12-5-8-15/h12H,3-9H2,1-2H3,(H,13,16). The Kier molecular flexibility index (Phi) is 6.37. The van der Waals surface area contributed by atoms with Gasteiger partial charge in [-0.2, -0.15) is 0 Å². The van der Waals surface area contributed by atoms with Gasteiger partial charge in [-0.25, -0.2) is 12.7 Å². The Hall–Kier alpha value is -1.19. The molecule has 0 radical (unpaired) electrons. The molecule has 20 heavy (non-hydrogen) atoms. The van der Waals surface area contributed by atoms with E-state index in [0.29, 0.717) is 19.6 Å². The molecule has 2 N–H and O–H groups in total. The number of amides is 2. The lowest BCUT2D eigenvalue weighted by Crippen LogP contribution is -2.45. The zero-order valence-corrected chi connectivity index (χ0v) is 12.7. The highest BCUT2D eigenvalue weighted by Gasteiger charge is 2.23. The molecule has 0 aromatic carbocycles. The molecule has 0 spiro atoms. The Morgan fingerprint density at radius 1 is 1.25 bits per heavy atom. The minimum atomic E-state index is -3.37. The van der Waals surface area contributed by atoms with E-state index in [1.807, 2.05) is 0 Å². The normalized spacial score (nSPS) is 16.9. The second-order valence-electron chi connectivity index (χ2n) is 4.75. The van der Waals surface area contributed by atoms with Crippen LogP contribution in [0.4, 0.5) is 0 Å². The van der Waals surface area contributed by atoms with Gasteiger partial charge in [-0.05, 0) is 13.0 Å². The Balaban J connectivity index is 2.40. The first-order valence-corrected chi connectivity index (χ1v) is 8.13. The second kappa shape index (κ2) is 7.55. The van der Waals surface area contributed by atoms with Crippen molar-refractivity contribution in [2.75, 3.05) is 52.6 Å². The van der Waals surface area contributed by atoms with Crippen LogP contribution in [0.5, 0.6) is 0 Å². The number of carbonyl (C=O) groups is 2. The fourth-order valence-electron chi connectivity index (χ4n) is 1.74. The molecule has 9 heteroatoms. The number of hydrogen-bond donors (Lipinski definition) is 2. The zero-order valence-electron chi connectivity index (χ0n) is 11.9. The molecule has 1 aliphatic heterocycles. The molecule has 1 rings (SSSR count). The first-order chi connectivity index (χ1) is 9.34. The van der Waals surface area contributed by atoms with E-state index in [0.717, 1.165) is 17.3 Å². The number of carbonyl (C=O) groups excluding carboxylic acids is 2. The second-order valence-corrected chi connectivity index (χ2v) is 7.05. The molecular weight excluding hydrogens is 284 g/mol. The highest BCUT2D eigenvalue weighted by Crippen LogP contribution is 1.97. The van der Waals surface area contributed by atoms with Crippen LogP contribution in [0.25, 0.3) is 0 Å². The molecule has 1 aliphatic rings. The van der Waals surface area contributed by atoms with E-state index in [1.165, 1.54) is 19.0 Å². The number of sulfonamides is 1. The Morgan fingerprint density at radius 3 is 2.60 bits per heavy atom. The minimum Gasteiger partial charge on any atom is -0.347 e. The van der Waals surface area contributed by atoms with E-state index in [-0.39, 0.29) is 12.3 Å². The molecule has 0 aromatic heterocycles. The highest BCUT2D eigenvalue weighted by atomic mass is 32.2. The predicted molar refractivity (Wildman–Crippen MR) is 74.6 cm³/mol. The van der Waals surface area contributed by atoms with Crippen molar-refractivity contribution in [3.63, 3.8) is 0 Å². The number of nitrogens with zero attached hydrogens (tertiary/aromatic N) is 2. The molecule has 0 aliphatic carbocycles. The minimum absolute atomic E-state index is 0.0722. The summed E-state index contributed by atoms with van der Waals surface area (Å²) in [6.07, 6.45) is 0.800. The first kappa shape index (κ1) is 16.9. The maximum Gasteiger partial charge on any atom is 0.311 e. The average molecular weight is 306 g/mol. The van der Waals surface area contributed by atoms with E-state index in [4.69, 9.17) is 0 Å². The summed E-state index contributed by atoms with van der Waals surface area (Å²) in [5.74, 6) is -1.57. The summed E-state index contributed by atoms with van der Waals surface area (Å²) in [6, 6.07) is 0. The monoisotopic (exact) mass is 306 g/mol. The van der Waals surface area contributed by atoms with Crippen molar-refractivity contribution in [3.05, 3.63) is 0 Å². The lowest BCUT2D eigenvalue weighted by Gasteiger charge is -2.19. The van der Waals surface area contributed by atoms with Gasteiger partial charge in [0.05, 0.1) is 5.75 Å². The van der Waals surface area contributed by atoms with Crippen molar-refractivity contribution in [1.29, 1.82) is 0 Å². The van der Waals surface area contributed by atoms with Gasteiger partial charge in [0.2, 0.25) is 10.0 Å². The Labute approximate surface area is 119 Å². The van der Waals surface area contributed by atoms with Crippen LogP contribution in [0.15, 0.2) is 0 Å². The third kappa shape index (κ3) is 5.06. The molecule has 0 bridgehead atoms. The van der Waals surface area contributed by atoms with E-state index < -0.39 is 21.8 Å². The van der Waals surface area contributed by atoms with Crippen molar-refractivity contribution in [1.82, 2.24) is 19.8 Å². The van der Waals surface area contributed by atoms with Crippen LogP contribution < -0.4 is 10.6 Å². The molecule has 0 atom stereocenters. The largest absolute Gasteiger partial charge is 0.347 e. The number of nitrogens with one attached hydrogen (secondary N) is 2. The zero-order chi connectivity index (χ0) is 15.2. The summed E-state index contributed by atoms with van der Waals surface area (Å²) in [4.78, 5) is 25.0. The van der Waals surface area contributed by atoms with Crippen LogP contribution in [0.3, 0.4) is 0 Å². The lowest BCUT2D eigenvalue weighted by atomic mass is 10.3. The van der Waals surface area contributed by atoms with Gasteiger partial charge in [0, 0.05) is 40.3 Å². The molecule has 116 valence electrons. The SMILES string of the molecule is CN(C)S(=O)(=O)CCNC(=O)C(=O)N1CCCNCC1. The van der Waals surface area contributed by atoms with Crippen LogP contribution in [0, 0.1) is 0 Å². The van der Waals surface area contributed by atoms with E-state index in [2.05, 4.69) is 10.6 Å². The topological polar surface area (TPSA) is 98.8 Å². The number of rotatable bonds is 4. The molecule has 0 unspecified atom stereocenters. The summed E-state index contributed by atoms with van der Waals surface area (Å²) in [5, 5.41) is 5.49. The van der Waals surface area contributed by atoms with Crippen molar-refractivity contribution in [2.45, 2.75) is 6.42 Å². The van der Waals surface area contributed by atoms with E-state index >= 15 is 0 Å². The van der Waals surface area contributed by atoms with Crippen LogP contribution in [0.2, 0.25) is 0 Å². The molecule has 1 fully saturated rings. The van der Waals surface area contributed by atoms with Crippen LogP contribution in [-0.4, -0.2) is 82.0 Å². The van der Waals surface area contributed by atoms with E-state index in [9.17, 15) is 18.0 Å². The Morgan fingerprint density at radius 2 is 1.95 bits per heavy atom. The maximum absolute atomic E-state index is 11.9. The maximum atomic E-state index is 11.9. The molecule has 1 saturated heterocycles. The third-order valence-electron chi connectivity index (χ3n) is 3.02. The van der Waals surface area contributed by atoms with Crippen LogP contribution in [0.1, 0.15) is 6.42 Å².